The van der Waals surface area contributed by atoms with Crippen molar-refractivity contribution in [2.24, 2.45) is 11.1 Å². The highest BCUT2D eigenvalue weighted by Crippen LogP contribution is 2.35. The molecule has 1 aliphatic rings. The van der Waals surface area contributed by atoms with Gasteiger partial charge in [0.25, 0.3) is 0 Å². The fourth-order valence-corrected chi connectivity index (χ4v) is 3.20. The molecule has 0 aromatic heterocycles. The van der Waals surface area contributed by atoms with Crippen molar-refractivity contribution >= 4 is 21.8 Å². The molecular formula is C15H22BrN3O. The number of hydrogen-bond donors (Lipinski definition) is 2. The predicted octanol–water partition coefficient (Wildman–Crippen LogP) is 1.91. The van der Waals surface area contributed by atoms with Crippen LogP contribution in [-0.4, -0.2) is 37.5 Å². The molecule has 1 saturated heterocycles. The van der Waals surface area contributed by atoms with Gasteiger partial charge < -0.3 is 11.1 Å². The van der Waals surface area contributed by atoms with Crippen molar-refractivity contribution < 1.29 is 4.79 Å². The van der Waals surface area contributed by atoms with Crippen LogP contribution in [0.25, 0.3) is 0 Å². The second-order valence-electron chi connectivity index (χ2n) is 5.66. The maximum absolute atomic E-state index is 12.0. The number of nitrogens with two attached hydrogens (primary N) is 1. The van der Waals surface area contributed by atoms with Gasteiger partial charge >= 0.3 is 0 Å². The average Bonchev–Trinajstić information content (AvgIpc) is 2.84. The summed E-state index contributed by atoms with van der Waals surface area (Å²) in [5, 5.41) is 2.77. The summed E-state index contributed by atoms with van der Waals surface area (Å²) >= 11 is 3.45. The summed E-state index contributed by atoms with van der Waals surface area (Å²) in [6.07, 6.45) is 0.875. The van der Waals surface area contributed by atoms with E-state index in [1.165, 1.54) is 5.56 Å². The standard InChI is InChI=1S/C15H22BrN3O/c1-15(14(20)18-2)7-8-19(10-15)13(9-17)11-3-5-12(16)6-4-11/h3-6,13H,7-10,17H2,1-2H3,(H,18,20). The lowest BCUT2D eigenvalue weighted by Gasteiger charge is -2.29. The van der Waals surface area contributed by atoms with E-state index in [1.807, 2.05) is 19.1 Å². The number of nitrogens with one attached hydrogen (secondary N) is 1. The maximum Gasteiger partial charge on any atom is 0.227 e. The average molecular weight is 340 g/mol. The summed E-state index contributed by atoms with van der Waals surface area (Å²) in [5.41, 5.74) is 6.86. The molecule has 1 aliphatic heterocycles. The molecule has 1 aromatic carbocycles. The van der Waals surface area contributed by atoms with Gasteiger partial charge in [0.05, 0.1) is 5.41 Å². The molecular weight excluding hydrogens is 318 g/mol. The second-order valence-corrected chi connectivity index (χ2v) is 6.58. The van der Waals surface area contributed by atoms with Crippen molar-refractivity contribution in [3.8, 4) is 0 Å². The van der Waals surface area contributed by atoms with Gasteiger partial charge in [0, 0.05) is 30.7 Å². The van der Waals surface area contributed by atoms with Gasteiger partial charge in [-0.1, -0.05) is 28.1 Å². The zero-order chi connectivity index (χ0) is 14.8. The molecule has 0 aliphatic carbocycles. The number of likely N-dealkylation sites (tertiary alicyclic amines) is 1. The minimum Gasteiger partial charge on any atom is -0.359 e. The topological polar surface area (TPSA) is 58.4 Å². The third kappa shape index (κ3) is 3.05. The van der Waals surface area contributed by atoms with Gasteiger partial charge in [0.15, 0.2) is 0 Å². The van der Waals surface area contributed by atoms with Gasteiger partial charge in [-0.25, -0.2) is 0 Å². The molecule has 1 amide bonds. The van der Waals surface area contributed by atoms with Crippen molar-refractivity contribution in [1.29, 1.82) is 0 Å². The Labute approximate surface area is 128 Å². The number of carbonyl (C=O) groups excluding carboxylic acids is 1. The second kappa shape index (κ2) is 6.24. The number of rotatable bonds is 4. The van der Waals surface area contributed by atoms with E-state index in [0.29, 0.717) is 6.54 Å². The number of carbonyl (C=O) groups is 1. The Kier molecular flexibility index (Phi) is 4.83. The molecule has 0 bridgehead atoms. The van der Waals surface area contributed by atoms with Crippen LogP contribution in [0.15, 0.2) is 28.7 Å². The summed E-state index contributed by atoms with van der Waals surface area (Å²) in [6, 6.07) is 8.43. The van der Waals surface area contributed by atoms with Crippen LogP contribution in [0.5, 0.6) is 0 Å². The number of nitrogens with zero attached hydrogens (tertiary/aromatic N) is 1. The lowest BCUT2D eigenvalue weighted by atomic mass is 9.89. The maximum atomic E-state index is 12.0. The number of halogens is 1. The summed E-state index contributed by atoms with van der Waals surface area (Å²) < 4.78 is 1.06. The summed E-state index contributed by atoms with van der Waals surface area (Å²) in [7, 11) is 1.70. The Morgan fingerprint density at radius 3 is 2.70 bits per heavy atom. The van der Waals surface area contributed by atoms with Crippen molar-refractivity contribution in [1.82, 2.24) is 10.2 Å². The molecule has 2 atom stereocenters. The molecule has 0 radical (unpaired) electrons. The van der Waals surface area contributed by atoms with E-state index in [2.05, 4.69) is 38.3 Å². The van der Waals surface area contributed by atoms with Gasteiger partial charge in [-0.3, -0.25) is 9.69 Å². The molecule has 0 spiro atoms. The van der Waals surface area contributed by atoms with Gasteiger partial charge in [-0.2, -0.15) is 0 Å². The van der Waals surface area contributed by atoms with Gasteiger partial charge in [0.2, 0.25) is 5.91 Å². The third-order valence-electron chi connectivity index (χ3n) is 4.20. The highest BCUT2D eigenvalue weighted by Gasteiger charge is 2.41. The van der Waals surface area contributed by atoms with E-state index in [1.54, 1.807) is 7.05 Å². The van der Waals surface area contributed by atoms with Crippen molar-refractivity contribution in [3.63, 3.8) is 0 Å². The predicted molar refractivity (Wildman–Crippen MR) is 84.3 cm³/mol. The lowest BCUT2D eigenvalue weighted by Crippen LogP contribution is -2.40. The normalized spacial score (nSPS) is 24.6. The summed E-state index contributed by atoms with van der Waals surface area (Å²) in [5.74, 6) is 0.117. The highest BCUT2D eigenvalue weighted by molar-refractivity contribution is 9.10. The van der Waals surface area contributed by atoms with Crippen LogP contribution in [0.4, 0.5) is 0 Å². The molecule has 4 nitrogen and oxygen atoms in total. The van der Waals surface area contributed by atoms with Crippen LogP contribution >= 0.6 is 15.9 Å². The zero-order valence-electron chi connectivity index (χ0n) is 12.0. The first-order valence-corrected chi connectivity index (χ1v) is 7.71. The Morgan fingerprint density at radius 2 is 2.15 bits per heavy atom. The lowest BCUT2D eigenvalue weighted by molar-refractivity contribution is -0.129. The summed E-state index contributed by atoms with van der Waals surface area (Å²) in [4.78, 5) is 14.3. The molecule has 1 fully saturated rings. The minimum absolute atomic E-state index is 0.117. The van der Waals surface area contributed by atoms with Crippen molar-refractivity contribution in [2.75, 3.05) is 26.7 Å². The molecule has 0 saturated carbocycles. The van der Waals surface area contributed by atoms with E-state index in [9.17, 15) is 4.79 Å². The molecule has 1 heterocycles. The minimum atomic E-state index is -0.308. The SMILES string of the molecule is CNC(=O)C1(C)CCN(C(CN)c2ccc(Br)cc2)C1. The van der Waals surface area contributed by atoms with Gasteiger partial charge in [0.1, 0.15) is 0 Å². The first kappa shape index (κ1) is 15.5. The fraction of sp³-hybridized carbons (Fsp3) is 0.533. The summed E-state index contributed by atoms with van der Waals surface area (Å²) in [6.45, 7) is 4.25. The monoisotopic (exact) mass is 339 g/mol. The van der Waals surface area contributed by atoms with E-state index in [0.717, 1.165) is 24.0 Å². The van der Waals surface area contributed by atoms with Crippen LogP contribution in [0.3, 0.4) is 0 Å². The van der Waals surface area contributed by atoms with Crippen molar-refractivity contribution in [2.45, 2.75) is 19.4 Å². The zero-order valence-corrected chi connectivity index (χ0v) is 13.6. The molecule has 20 heavy (non-hydrogen) atoms. The molecule has 5 heteroatoms. The Hall–Kier alpha value is -0.910. The Balaban J connectivity index is 2.14. The molecule has 110 valence electrons. The van der Waals surface area contributed by atoms with Gasteiger partial charge in [-0.15, -0.1) is 0 Å². The Morgan fingerprint density at radius 1 is 1.50 bits per heavy atom. The van der Waals surface area contributed by atoms with Crippen LogP contribution in [0.1, 0.15) is 24.9 Å². The molecule has 2 rings (SSSR count). The number of amides is 1. The van der Waals surface area contributed by atoms with Crippen LogP contribution in [-0.2, 0) is 4.79 Å². The first-order valence-electron chi connectivity index (χ1n) is 6.92. The van der Waals surface area contributed by atoms with Crippen LogP contribution in [0, 0.1) is 5.41 Å². The van der Waals surface area contributed by atoms with E-state index in [-0.39, 0.29) is 17.4 Å². The fourth-order valence-electron chi connectivity index (χ4n) is 2.93. The van der Waals surface area contributed by atoms with Crippen LogP contribution < -0.4 is 11.1 Å². The van der Waals surface area contributed by atoms with Crippen molar-refractivity contribution in [3.05, 3.63) is 34.3 Å². The number of benzene rings is 1. The quantitative estimate of drug-likeness (QED) is 0.880. The number of hydrogen-bond acceptors (Lipinski definition) is 3. The highest BCUT2D eigenvalue weighted by atomic mass is 79.9. The van der Waals surface area contributed by atoms with Gasteiger partial charge in [-0.05, 0) is 37.6 Å². The molecule has 1 aromatic rings. The smallest absolute Gasteiger partial charge is 0.227 e. The van der Waals surface area contributed by atoms with Crippen LogP contribution in [0.2, 0.25) is 0 Å². The Bertz CT molecular complexity index is 477. The van der Waals surface area contributed by atoms with E-state index in [4.69, 9.17) is 5.73 Å². The molecule has 3 N–H and O–H groups in total. The largest absolute Gasteiger partial charge is 0.359 e. The third-order valence-corrected chi connectivity index (χ3v) is 4.73. The van der Waals surface area contributed by atoms with E-state index >= 15 is 0 Å². The van der Waals surface area contributed by atoms with E-state index < -0.39 is 0 Å². The first-order chi connectivity index (χ1) is 9.50. The molecule has 2 unspecified atom stereocenters.